The number of fused-ring (bicyclic) bond motifs is 3. The average Bonchev–Trinajstić information content (AvgIpc) is 3.37. The standard InChI is InChI=1S/C28H31N3O5S2/c1-28(2,3)38-37-17-23(26(34)29-14-15-31-24(32)12-13-25(31)33)30-27(35)36-16-22-20-10-6-4-8-18(20)19-9-5-7-11-21(19)22/h4-13,22-23H,14-17H2,1-3H3,(H,29,34)(H,30,35). The van der Waals surface area contributed by atoms with Crippen molar-refractivity contribution in [1.82, 2.24) is 15.5 Å². The van der Waals surface area contributed by atoms with Gasteiger partial charge in [0.25, 0.3) is 11.8 Å². The second-order valence-electron chi connectivity index (χ2n) is 9.96. The van der Waals surface area contributed by atoms with Gasteiger partial charge in [-0.25, -0.2) is 4.79 Å². The average molecular weight is 554 g/mol. The van der Waals surface area contributed by atoms with Gasteiger partial charge in [-0.15, -0.1) is 0 Å². The van der Waals surface area contributed by atoms with Crippen LogP contribution in [0, 0.1) is 0 Å². The van der Waals surface area contributed by atoms with Crippen molar-refractivity contribution in [1.29, 1.82) is 0 Å². The molecule has 2 aliphatic rings. The summed E-state index contributed by atoms with van der Waals surface area (Å²) < 4.78 is 5.60. The monoisotopic (exact) mass is 553 g/mol. The first-order valence-electron chi connectivity index (χ1n) is 12.4. The molecule has 1 aliphatic heterocycles. The summed E-state index contributed by atoms with van der Waals surface area (Å²) in [5, 5.41) is 5.43. The van der Waals surface area contributed by atoms with Crippen LogP contribution in [0.25, 0.3) is 11.1 Å². The van der Waals surface area contributed by atoms with Gasteiger partial charge in [-0.1, -0.05) is 90.9 Å². The van der Waals surface area contributed by atoms with Crippen LogP contribution < -0.4 is 10.6 Å². The van der Waals surface area contributed by atoms with E-state index in [1.165, 1.54) is 22.9 Å². The normalized spacial score (nSPS) is 15.3. The van der Waals surface area contributed by atoms with E-state index in [2.05, 4.69) is 43.5 Å². The van der Waals surface area contributed by atoms with Crippen LogP contribution in [0.5, 0.6) is 0 Å². The van der Waals surface area contributed by atoms with E-state index in [1.807, 2.05) is 36.4 Å². The fraction of sp³-hybridized carbons (Fsp3) is 0.357. The van der Waals surface area contributed by atoms with Gasteiger partial charge in [0.05, 0.1) is 0 Å². The summed E-state index contributed by atoms with van der Waals surface area (Å²) >= 11 is 0. The fourth-order valence-electron chi connectivity index (χ4n) is 4.31. The number of amides is 4. The minimum atomic E-state index is -0.853. The molecule has 200 valence electrons. The van der Waals surface area contributed by atoms with Gasteiger partial charge in [0.1, 0.15) is 12.6 Å². The Bertz CT molecular complexity index is 1190. The number of carbonyl (C=O) groups is 4. The number of imide groups is 1. The Labute approximate surface area is 230 Å². The Hall–Kier alpha value is -3.24. The number of hydrogen-bond donors (Lipinski definition) is 2. The molecule has 0 radical (unpaired) electrons. The van der Waals surface area contributed by atoms with E-state index in [4.69, 9.17) is 4.74 Å². The molecular weight excluding hydrogens is 522 g/mol. The van der Waals surface area contributed by atoms with E-state index in [-0.39, 0.29) is 30.4 Å². The maximum atomic E-state index is 13.0. The smallest absolute Gasteiger partial charge is 0.407 e. The number of ether oxygens (including phenoxy) is 1. The number of nitrogens with one attached hydrogen (secondary N) is 2. The zero-order valence-electron chi connectivity index (χ0n) is 21.6. The third kappa shape index (κ3) is 6.79. The quantitative estimate of drug-likeness (QED) is 0.337. The van der Waals surface area contributed by atoms with Crippen LogP contribution in [0.1, 0.15) is 37.8 Å². The third-order valence-electron chi connectivity index (χ3n) is 6.03. The molecule has 2 aromatic carbocycles. The fourth-order valence-corrected chi connectivity index (χ4v) is 6.78. The SMILES string of the molecule is CC(C)(C)SSCC(NC(=O)OCC1c2ccccc2-c2ccccc21)C(=O)NCCN1C(=O)C=CC1=O. The predicted octanol–water partition coefficient (Wildman–Crippen LogP) is 4.11. The molecule has 0 bridgehead atoms. The van der Waals surface area contributed by atoms with E-state index in [9.17, 15) is 19.2 Å². The van der Waals surface area contributed by atoms with Crippen molar-refractivity contribution in [3.63, 3.8) is 0 Å². The Morgan fingerprint density at radius 3 is 2.13 bits per heavy atom. The molecule has 1 heterocycles. The minimum Gasteiger partial charge on any atom is -0.449 e. The second-order valence-corrected chi connectivity index (χ2v) is 13.1. The second kappa shape index (κ2) is 12.1. The van der Waals surface area contributed by atoms with Gasteiger partial charge >= 0.3 is 6.09 Å². The van der Waals surface area contributed by atoms with Crippen molar-refractivity contribution in [3.8, 4) is 11.1 Å². The molecule has 0 saturated carbocycles. The Balaban J connectivity index is 1.35. The Morgan fingerprint density at radius 2 is 1.55 bits per heavy atom. The van der Waals surface area contributed by atoms with Crippen molar-refractivity contribution >= 4 is 45.4 Å². The predicted molar refractivity (Wildman–Crippen MR) is 151 cm³/mol. The third-order valence-corrected chi connectivity index (χ3v) is 9.38. The van der Waals surface area contributed by atoms with Gasteiger partial charge in [-0.05, 0) is 22.3 Å². The first kappa shape index (κ1) is 27.8. The van der Waals surface area contributed by atoms with Crippen LogP contribution in [0.15, 0.2) is 60.7 Å². The van der Waals surface area contributed by atoms with Crippen LogP contribution >= 0.6 is 21.6 Å². The molecule has 4 rings (SSSR count). The summed E-state index contributed by atoms with van der Waals surface area (Å²) in [5.74, 6) is -0.992. The molecule has 2 aromatic rings. The summed E-state index contributed by atoms with van der Waals surface area (Å²) in [6.07, 6.45) is 1.72. The summed E-state index contributed by atoms with van der Waals surface area (Å²) in [7, 11) is 3.09. The van der Waals surface area contributed by atoms with Crippen LogP contribution in [-0.4, -0.2) is 65.0 Å². The highest BCUT2D eigenvalue weighted by Crippen LogP contribution is 2.44. The van der Waals surface area contributed by atoms with Crippen LogP contribution in [-0.2, 0) is 19.1 Å². The molecule has 1 aliphatic carbocycles. The van der Waals surface area contributed by atoms with E-state index in [1.54, 1.807) is 10.8 Å². The maximum absolute atomic E-state index is 13.0. The molecule has 2 N–H and O–H groups in total. The van der Waals surface area contributed by atoms with Crippen LogP contribution in [0.3, 0.4) is 0 Å². The molecule has 0 spiro atoms. The van der Waals surface area contributed by atoms with Crippen molar-refractivity contribution in [3.05, 3.63) is 71.8 Å². The number of rotatable bonds is 10. The summed E-state index contributed by atoms with van der Waals surface area (Å²) in [4.78, 5) is 50.3. The first-order valence-corrected chi connectivity index (χ1v) is 14.7. The molecule has 1 unspecified atom stereocenters. The Morgan fingerprint density at radius 1 is 0.974 bits per heavy atom. The lowest BCUT2D eigenvalue weighted by molar-refractivity contribution is -0.137. The molecular formula is C28H31N3O5S2. The van der Waals surface area contributed by atoms with Crippen molar-refractivity contribution in [2.75, 3.05) is 25.4 Å². The summed E-state index contributed by atoms with van der Waals surface area (Å²) in [6.45, 7) is 6.48. The molecule has 0 aromatic heterocycles. The van der Waals surface area contributed by atoms with Gasteiger partial charge in [0.2, 0.25) is 5.91 Å². The molecule has 4 amide bonds. The maximum Gasteiger partial charge on any atom is 0.407 e. The van der Waals surface area contributed by atoms with Gasteiger partial charge < -0.3 is 15.4 Å². The van der Waals surface area contributed by atoms with Crippen molar-refractivity contribution < 1.29 is 23.9 Å². The first-order chi connectivity index (χ1) is 18.1. The van der Waals surface area contributed by atoms with Gasteiger partial charge in [0.15, 0.2) is 0 Å². The zero-order valence-corrected chi connectivity index (χ0v) is 23.2. The number of benzene rings is 2. The molecule has 8 nitrogen and oxygen atoms in total. The molecule has 0 saturated heterocycles. The highest BCUT2D eigenvalue weighted by molar-refractivity contribution is 8.77. The lowest BCUT2D eigenvalue weighted by Gasteiger charge is -2.22. The van der Waals surface area contributed by atoms with Crippen LogP contribution in [0.2, 0.25) is 0 Å². The summed E-state index contributed by atoms with van der Waals surface area (Å²) in [6, 6.07) is 15.3. The number of alkyl carbamates (subject to hydrolysis) is 1. The molecule has 0 fully saturated rings. The highest BCUT2D eigenvalue weighted by Gasteiger charge is 2.30. The van der Waals surface area contributed by atoms with Gasteiger partial charge in [0, 0.05) is 41.7 Å². The topological polar surface area (TPSA) is 105 Å². The van der Waals surface area contributed by atoms with Gasteiger partial charge in [-0.2, -0.15) is 0 Å². The highest BCUT2D eigenvalue weighted by atomic mass is 33.1. The van der Waals surface area contributed by atoms with E-state index in [0.29, 0.717) is 5.75 Å². The van der Waals surface area contributed by atoms with Crippen molar-refractivity contribution in [2.45, 2.75) is 37.5 Å². The van der Waals surface area contributed by atoms with Crippen LogP contribution in [0.4, 0.5) is 4.79 Å². The van der Waals surface area contributed by atoms with Gasteiger partial charge in [-0.3, -0.25) is 19.3 Å². The van der Waals surface area contributed by atoms with E-state index in [0.717, 1.165) is 27.2 Å². The van der Waals surface area contributed by atoms with E-state index >= 15 is 0 Å². The number of hydrogen-bond acceptors (Lipinski definition) is 7. The number of carbonyl (C=O) groups excluding carboxylic acids is 4. The lowest BCUT2D eigenvalue weighted by atomic mass is 9.98. The molecule has 38 heavy (non-hydrogen) atoms. The summed E-state index contributed by atoms with van der Waals surface area (Å²) in [5.41, 5.74) is 4.48. The van der Waals surface area contributed by atoms with Crippen molar-refractivity contribution in [2.24, 2.45) is 0 Å². The molecule has 1 atom stereocenters. The minimum absolute atomic E-state index is 0.0288. The zero-order chi connectivity index (χ0) is 27.3. The van der Waals surface area contributed by atoms with E-state index < -0.39 is 29.9 Å². The number of nitrogens with zero attached hydrogens (tertiary/aromatic N) is 1. The lowest BCUT2D eigenvalue weighted by Crippen LogP contribution is -2.50. The molecule has 10 heteroatoms. The largest absolute Gasteiger partial charge is 0.449 e. The Kier molecular flexibility index (Phi) is 8.83.